The number of amides is 1. The van der Waals surface area contributed by atoms with Crippen molar-refractivity contribution in [3.63, 3.8) is 0 Å². The maximum atomic E-state index is 11.8. The first kappa shape index (κ1) is 14.8. The summed E-state index contributed by atoms with van der Waals surface area (Å²) in [4.78, 5) is 22.5. The normalized spacial score (nSPS) is 10.5. The molecule has 0 atom stereocenters. The van der Waals surface area contributed by atoms with Crippen molar-refractivity contribution in [3.05, 3.63) is 48.7 Å². The van der Waals surface area contributed by atoms with E-state index in [1.807, 2.05) is 35.0 Å². The summed E-state index contributed by atoms with van der Waals surface area (Å²) in [6.07, 6.45) is 4.03. The van der Waals surface area contributed by atoms with Gasteiger partial charge in [-0.2, -0.15) is 0 Å². The van der Waals surface area contributed by atoms with Gasteiger partial charge in [-0.15, -0.1) is 6.58 Å². The van der Waals surface area contributed by atoms with Gasteiger partial charge in [-0.3, -0.25) is 9.59 Å². The first-order valence-electron chi connectivity index (χ1n) is 6.78. The van der Waals surface area contributed by atoms with Gasteiger partial charge in [0.25, 0.3) is 0 Å². The van der Waals surface area contributed by atoms with Crippen molar-refractivity contribution in [2.45, 2.75) is 19.4 Å². The first-order valence-corrected chi connectivity index (χ1v) is 6.78. The van der Waals surface area contributed by atoms with Gasteiger partial charge in [0.15, 0.2) is 0 Å². The second kappa shape index (κ2) is 6.74. The van der Waals surface area contributed by atoms with Gasteiger partial charge in [0.05, 0.1) is 0 Å². The fourth-order valence-corrected chi connectivity index (χ4v) is 2.29. The maximum Gasteiger partial charge on any atom is 0.303 e. The number of hydrogen-bond donors (Lipinski definition) is 2. The molecule has 0 saturated heterocycles. The van der Waals surface area contributed by atoms with E-state index in [9.17, 15) is 9.59 Å². The molecule has 5 heteroatoms. The average Bonchev–Trinajstić information content (AvgIpc) is 2.81. The van der Waals surface area contributed by atoms with Crippen LogP contribution in [0.5, 0.6) is 0 Å². The number of rotatable bonds is 7. The molecule has 0 saturated carbocycles. The summed E-state index contributed by atoms with van der Waals surface area (Å²) in [5.74, 6) is -0.920. The standard InChI is InChI=1S/C16H18N2O3/c1-2-9-17-15(19)11-18-10-12(7-8-16(20)21)13-5-3-4-6-14(13)18/h2-6,10H,1,7-9,11H2,(H,17,19)(H,20,21). The van der Waals surface area contributed by atoms with Crippen molar-refractivity contribution in [3.8, 4) is 0 Å². The number of hydrogen-bond acceptors (Lipinski definition) is 2. The minimum Gasteiger partial charge on any atom is -0.481 e. The highest BCUT2D eigenvalue weighted by molar-refractivity contribution is 5.86. The quantitative estimate of drug-likeness (QED) is 0.764. The highest BCUT2D eigenvalue weighted by atomic mass is 16.4. The van der Waals surface area contributed by atoms with Gasteiger partial charge >= 0.3 is 5.97 Å². The highest BCUT2D eigenvalue weighted by Gasteiger charge is 2.11. The number of aliphatic carboxylic acids is 1. The number of nitrogens with zero attached hydrogens (tertiary/aromatic N) is 1. The molecule has 0 bridgehead atoms. The number of carbonyl (C=O) groups excluding carboxylic acids is 1. The van der Waals surface area contributed by atoms with Crippen LogP contribution in [0.4, 0.5) is 0 Å². The molecular weight excluding hydrogens is 268 g/mol. The van der Waals surface area contributed by atoms with Gasteiger partial charge in [0, 0.05) is 30.1 Å². The summed E-state index contributed by atoms with van der Waals surface area (Å²) in [6, 6.07) is 7.70. The molecule has 0 aliphatic carbocycles. The third kappa shape index (κ3) is 3.72. The molecule has 0 fully saturated rings. The van der Waals surface area contributed by atoms with Gasteiger partial charge in [-0.1, -0.05) is 24.3 Å². The molecule has 0 spiro atoms. The lowest BCUT2D eigenvalue weighted by Gasteiger charge is -2.05. The monoisotopic (exact) mass is 286 g/mol. The molecule has 5 nitrogen and oxygen atoms in total. The Bertz CT molecular complexity index is 673. The van der Waals surface area contributed by atoms with Crippen LogP contribution in [0.2, 0.25) is 0 Å². The second-order valence-corrected chi connectivity index (χ2v) is 4.79. The van der Waals surface area contributed by atoms with Gasteiger partial charge in [-0.25, -0.2) is 0 Å². The van der Waals surface area contributed by atoms with E-state index in [-0.39, 0.29) is 18.9 Å². The van der Waals surface area contributed by atoms with E-state index in [1.54, 1.807) is 6.08 Å². The Morgan fingerprint density at radius 2 is 2.10 bits per heavy atom. The lowest BCUT2D eigenvalue weighted by molar-refractivity contribution is -0.137. The lowest BCUT2D eigenvalue weighted by Crippen LogP contribution is -2.27. The lowest BCUT2D eigenvalue weighted by atomic mass is 10.1. The predicted molar refractivity (Wildman–Crippen MR) is 81.1 cm³/mol. The van der Waals surface area contributed by atoms with E-state index >= 15 is 0 Å². The molecule has 0 unspecified atom stereocenters. The van der Waals surface area contributed by atoms with Crippen LogP contribution < -0.4 is 5.32 Å². The fraction of sp³-hybridized carbons (Fsp3) is 0.250. The molecule has 0 radical (unpaired) electrons. The van der Waals surface area contributed by atoms with Crippen LogP contribution in [0.15, 0.2) is 43.1 Å². The van der Waals surface area contributed by atoms with Crippen molar-refractivity contribution in [2.24, 2.45) is 0 Å². The van der Waals surface area contributed by atoms with Crippen LogP contribution in [0, 0.1) is 0 Å². The SMILES string of the molecule is C=CCNC(=O)Cn1cc(CCC(=O)O)c2ccccc21. The minimum atomic E-state index is -0.824. The van der Waals surface area contributed by atoms with Crippen LogP contribution in [0.1, 0.15) is 12.0 Å². The Kier molecular flexibility index (Phi) is 4.77. The van der Waals surface area contributed by atoms with Crippen molar-refractivity contribution < 1.29 is 14.7 Å². The number of para-hydroxylation sites is 1. The smallest absolute Gasteiger partial charge is 0.303 e. The second-order valence-electron chi connectivity index (χ2n) is 4.79. The van der Waals surface area contributed by atoms with E-state index in [2.05, 4.69) is 11.9 Å². The zero-order valence-corrected chi connectivity index (χ0v) is 11.7. The van der Waals surface area contributed by atoms with E-state index in [4.69, 9.17) is 5.11 Å². The molecule has 1 aromatic carbocycles. The Balaban J connectivity index is 2.24. The van der Waals surface area contributed by atoms with Gasteiger partial charge in [0.1, 0.15) is 6.54 Å². The third-order valence-electron chi connectivity index (χ3n) is 3.24. The minimum absolute atomic E-state index is 0.0800. The Morgan fingerprint density at radius 1 is 1.33 bits per heavy atom. The number of carboxylic acids is 1. The predicted octanol–water partition coefficient (Wildman–Crippen LogP) is 1.96. The van der Waals surface area contributed by atoms with Crippen molar-refractivity contribution >= 4 is 22.8 Å². The number of fused-ring (bicyclic) bond motifs is 1. The van der Waals surface area contributed by atoms with Crippen LogP contribution in [0.3, 0.4) is 0 Å². The molecule has 21 heavy (non-hydrogen) atoms. The molecular formula is C16H18N2O3. The maximum absolute atomic E-state index is 11.8. The van der Waals surface area contributed by atoms with Gasteiger partial charge in [0.2, 0.25) is 5.91 Å². The molecule has 1 amide bonds. The van der Waals surface area contributed by atoms with Crippen molar-refractivity contribution in [2.75, 3.05) is 6.54 Å². The number of carboxylic acid groups (broad SMARTS) is 1. The number of benzene rings is 1. The van der Waals surface area contributed by atoms with E-state index in [1.165, 1.54) is 0 Å². The number of aryl methyl sites for hydroxylation is 1. The summed E-state index contributed by atoms with van der Waals surface area (Å²) < 4.78 is 1.85. The van der Waals surface area contributed by atoms with E-state index in [0.29, 0.717) is 13.0 Å². The fourth-order valence-electron chi connectivity index (χ4n) is 2.29. The molecule has 110 valence electrons. The van der Waals surface area contributed by atoms with Crippen LogP contribution in [-0.4, -0.2) is 28.1 Å². The molecule has 0 aliphatic rings. The number of nitrogens with one attached hydrogen (secondary N) is 1. The average molecular weight is 286 g/mol. The Labute approximate surface area is 122 Å². The molecule has 2 rings (SSSR count). The largest absolute Gasteiger partial charge is 0.481 e. The zero-order valence-electron chi connectivity index (χ0n) is 11.7. The van der Waals surface area contributed by atoms with Crippen LogP contribution >= 0.6 is 0 Å². The van der Waals surface area contributed by atoms with E-state index < -0.39 is 5.97 Å². The summed E-state index contributed by atoms with van der Waals surface area (Å²) in [6.45, 7) is 4.20. The molecule has 0 aliphatic heterocycles. The summed E-state index contributed by atoms with van der Waals surface area (Å²) in [5.41, 5.74) is 1.89. The Morgan fingerprint density at radius 3 is 2.81 bits per heavy atom. The third-order valence-corrected chi connectivity index (χ3v) is 3.24. The highest BCUT2D eigenvalue weighted by Crippen LogP contribution is 2.22. The first-order chi connectivity index (χ1) is 10.1. The van der Waals surface area contributed by atoms with Gasteiger partial charge < -0.3 is 15.0 Å². The molecule has 2 N–H and O–H groups in total. The molecule has 2 aromatic rings. The van der Waals surface area contributed by atoms with Gasteiger partial charge in [-0.05, 0) is 18.1 Å². The van der Waals surface area contributed by atoms with Crippen molar-refractivity contribution in [1.29, 1.82) is 0 Å². The Hall–Kier alpha value is -2.56. The van der Waals surface area contributed by atoms with Crippen LogP contribution in [-0.2, 0) is 22.6 Å². The van der Waals surface area contributed by atoms with Crippen molar-refractivity contribution in [1.82, 2.24) is 9.88 Å². The number of carbonyl (C=O) groups is 2. The molecule has 1 heterocycles. The van der Waals surface area contributed by atoms with E-state index in [0.717, 1.165) is 16.5 Å². The summed E-state index contributed by atoms with van der Waals surface area (Å²) in [5, 5.41) is 12.5. The number of aromatic nitrogens is 1. The molecule has 1 aromatic heterocycles. The zero-order chi connectivity index (χ0) is 15.2. The topological polar surface area (TPSA) is 71.3 Å². The summed E-state index contributed by atoms with van der Waals surface area (Å²) >= 11 is 0. The summed E-state index contributed by atoms with van der Waals surface area (Å²) in [7, 11) is 0. The van der Waals surface area contributed by atoms with Crippen LogP contribution in [0.25, 0.3) is 10.9 Å².